The van der Waals surface area contributed by atoms with Crippen LogP contribution in [-0.2, 0) is 9.53 Å². The molecular formula is C18H19ClN2O5. The van der Waals surface area contributed by atoms with Gasteiger partial charge in [0.05, 0.1) is 6.61 Å². The molecule has 138 valence electrons. The van der Waals surface area contributed by atoms with Crippen LogP contribution in [0.15, 0.2) is 34.9 Å². The average molecular weight is 379 g/mol. The van der Waals surface area contributed by atoms with Crippen LogP contribution in [0.25, 0.3) is 11.3 Å². The molecule has 1 fully saturated rings. The van der Waals surface area contributed by atoms with Crippen molar-refractivity contribution in [2.75, 3.05) is 26.8 Å². The van der Waals surface area contributed by atoms with Gasteiger partial charge in [0.25, 0.3) is 5.91 Å². The molecular weight excluding hydrogens is 360 g/mol. The van der Waals surface area contributed by atoms with Crippen LogP contribution < -0.4 is 0 Å². The van der Waals surface area contributed by atoms with Crippen molar-refractivity contribution in [3.8, 4) is 11.3 Å². The number of likely N-dealkylation sites (tertiary alicyclic amines) is 1. The molecule has 1 atom stereocenters. The number of halogens is 1. The van der Waals surface area contributed by atoms with Crippen molar-refractivity contribution in [2.24, 2.45) is 5.41 Å². The van der Waals surface area contributed by atoms with Crippen LogP contribution in [0.2, 0.25) is 5.02 Å². The smallest absolute Gasteiger partial charge is 0.313 e. The molecule has 1 aliphatic rings. The summed E-state index contributed by atoms with van der Waals surface area (Å²) in [5, 5.41) is 14.0. The lowest BCUT2D eigenvalue weighted by Gasteiger charge is -2.39. The van der Waals surface area contributed by atoms with Gasteiger partial charge in [-0.1, -0.05) is 28.9 Å². The molecule has 3 rings (SSSR count). The standard InChI is InChI=1S/C18H19ClN2O5/c1-25-11-18(17(23)24)6-3-7-21(10-18)16(22)14-9-15(26-20-14)12-4-2-5-13(19)8-12/h2,4-5,8-9H,3,6-7,10-11H2,1H3,(H,23,24). The maximum Gasteiger partial charge on any atom is 0.313 e. The first-order valence-electron chi connectivity index (χ1n) is 8.19. The van der Waals surface area contributed by atoms with E-state index in [2.05, 4.69) is 5.16 Å². The van der Waals surface area contributed by atoms with E-state index in [1.165, 1.54) is 12.0 Å². The number of hydrogen-bond donors (Lipinski definition) is 1. The first-order chi connectivity index (χ1) is 12.4. The van der Waals surface area contributed by atoms with Crippen molar-refractivity contribution in [2.45, 2.75) is 12.8 Å². The van der Waals surface area contributed by atoms with E-state index in [0.29, 0.717) is 35.7 Å². The molecule has 26 heavy (non-hydrogen) atoms. The van der Waals surface area contributed by atoms with E-state index < -0.39 is 11.4 Å². The minimum atomic E-state index is -1.10. The van der Waals surface area contributed by atoms with Crippen LogP contribution in [0.3, 0.4) is 0 Å². The molecule has 0 radical (unpaired) electrons. The van der Waals surface area contributed by atoms with Crippen LogP contribution in [0.5, 0.6) is 0 Å². The number of aromatic nitrogens is 1. The molecule has 1 aliphatic heterocycles. The van der Waals surface area contributed by atoms with Gasteiger partial charge in [0, 0.05) is 36.9 Å². The number of nitrogens with zero attached hydrogens (tertiary/aromatic N) is 2. The molecule has 1 unspecified atom stereocenters. The maximum absolute atomic E-state index is 12.8. The van der Waals surface area contributed by atoms with E-state index in [9.17, 15) is 14.7 Å². The van der Waals surface area contributed by atoms with Gasteiger partial charge in [0.2, 0.25) is 0 Å². The fourth-order valence-corrected chi connectivity index (χ4v) is 3.44. The number of amides is 1. The van der Waals surface area contributed by atoms with Crippen molar-refractivity contribution < 1.29 is 24.0 Å². The Labute approximate surface area is 155 Å². The van der Waals surface area contributed by atoms with Gasteiger partial charge >= 0.3 is 5.97 Å². The Hall–Kier alpha value is -2.38. The third-order valence-electron chi connectivity index (χ3n) is 4.58. The molecule has 1 amide bonds. The molecule has 0 saturated carbocycles. The zero-order valence-electron chi connectivity index (χ0n) is 14.3. The SMILES string of the molecule is COCC1(C(=O)O)CCCN(C(=O)c2cc(-c3cccc(Cl)c3)on2)C1. The average Bonchev–Trinajstić information content (AvgIpc) is 3.11. The van der Waals surface area contributed by atoms with Gasteiger partial charge in [0.1, 0.15) is 5.41 Å². The first-order valence-corrected chi connectivity index (χ1v) is 8.57. The number of ether oxygens (including phenoxy) is 1. The number of carboxylic acid groups (broad SMARTS) is 1. The Morgan fingerprint density at radius 2 is 2.23 bits per heavy atom. The van der Waals surface area contributed by atoms with Crippen molar-refractivity contribution in [1.29, 1.82) is 0 Å². The second-order valence-corrected chi connectivity index (χ2v) is 6.87. The van der Waals surface area contributed by atoms with Crippen molar-refractivity contribution >= 4 is 23.5 Å². The maximum atomic E-state index is 12.8. The topological polar surface area (TPSA) is 92.9 Å². The first kappa shape index (κ1) is 18.4. The highest BCUT2D eigenvalue weighted by Crippen LogP contribution is 2.32. The van der Waals surface area contributed by atoms with Gasteiger partial charge < -0.3 is 19.3 Å². The summed E-state index contributed by atoms with van der Waals surface area (Å²) in [7, 11) is 1.46. The van der Waals surface area contributed by atoms with E-state index in [0.717, 1.165) is 0 Å². The molecule has 1 aromatic carbocycles. The van der Waals surface area contributed by atoms with Crippen LogP contribution in [-0.4, -0.2) is 53.8 Å². The van der Waals surface area contributed by atoms with Gasteiger partial charge in [0.15, 0.2) is 11.5 Å². The van der Waals surface area contributed by atoms with Gasteiger partial charge in [-0.15, -0.1) is 0 Å². The molecule has 1 aromatic heterocycles. The fraction of sp³-hybridized carbons (Fsp3) is 0.389. The van der Waals surface area contributed by atoms with Crippen molar-refractivity contribution in [3.05, 3.63) is 41.0 Å². The Kier molecular flexibility index (Phi) is 5.29. The zero-order valence-corrected chi connectivity index (χ0v) is 15.0. The fourth-order valence-electron chi connectivity index (χ4n) is 3.25. The molecule has 0 bridgehead atoms. The highest BCUT2D eigenvalue weighted by Gasteiger charge is 2.44. The highest BCUT2D eigenvalue weighted by molar-refractivity contribution is 6.30. The van der Waals surface area contributed by atoms with Crippen molar-refractivity contribution in [1.82, 2.24) is 10.1 Å². The van der Waals surface area contributed by atoms with Gasteiger partial charge in [-0.3, -0.25) is 9.59 Å². The molecule has 2 aromatic rings. The Balaban J connectivity index is 1.80. The molecule has 0 aliphatic carbocycles. The number of carbonyl (C=O) groups is 2. The summed E-state index contributed by atoms with van der Waals surface area (Å²) in [6.45, 7) is 0.601. The Morgan fingerprint density at radius 3 is 2.92 bits per heavy atom. The number of methoxy groups -OCH3 is 1. The summed E-state index contributed by atoms with van der Waals surface area (Å²) in [6.07, 6.45) is 1.05. The Morgan fingerprint density at radius 1 is 1.42 bits per heavy atom. The molecule has 7 nitrogen and oxygen atoms in total. The van der Waals surface area contributed by atoms with E-state index in [1.807, 2.05) is 0 Å². The third kappa shape index (κ3) is 3.59. The second kappa shape index (κ2) is 7.47. The van der Waals surface area contributed by atoms with E-state index >= 15 is 0 Å². The number of rotatable bonds is 5. The molecule has 8 heteroatoms. The van der Waals surface area contributed by atoms with E-state index in [-0.39, 0.29) is 24.8 Å². The van der Waals surface area contributed by atoms with Crippen LogP contribution in [0.1, 0.15) is 23.3 Å². The lowest BCUT2D eigenvalue weighted by Crippen LogP contribution is -2.52. The quantitative estimate of drug-likeness (QED) is 0.859. The molecule has 1 saturated heterocycles. The normalized spacial score (nSPS) is 20.2. The lowest BCUT2D eigenvalue weighted by atomic mass is 9.80. The minimum absolute atomic E-state index is 0.0543. The van der Waals surface area contributed by atoms with Crippen molar-refractivity contribution in [3.63, 3.8) is 0 Å². The van der Waals surface area contributed by atoms with Crippen LogP contribution in [0.4, 0.5) is 0 Å². The third-order valence-corrected chi connectivity index (χ3v) is 4.81. The highest BCUT2D eigenvalue weighted by atomic mass is 35.5. The molecule has 1 N–H and O–H groups in total. The number of benzene rings is 1. The summed E-state index contributed by atoms with van der Waals surface area (Å²) in [5.41, 5.74) is -0.247. The molecule has 0 spiro atoms. The number of hydrogen-bond acceptors (Lipinski definition) is 5. The number of carbonyl (C=O) groups excluding carboxylic acids is 1. The second-order valence-electron chi connectivity index (χ2n) is 6.44. The predicted octanol–water partition coefficient (Wildman–Crippen LogP) is 2.95. The monoisotopic (exact) mass is 378 g/mol. The number of aliphatic carboxylic acids is 1. The van der Waals surface area contributed by atoms with Crippen LogP contribution >= 0.6 is 11.6 Å². The van der Waals surface area contributed by atoms with Crippen LogP contribution in [0, 0.1) is 5.41 Å². The zero-order chi connectivity index (χ0) is 18.7. The minimum Gasteiger partial charge on any atom is -0.481 e. The van der Waals surface area contributed by atoms with Gasteiger partial charge in [-0.05, 0) is 25.0 Å². The summed E-state index contributed by atoms with van der Waals surface area (Å²) < 4.78 is 10.4. The summed E-state index contributed by atoms with van der Waals surface area (Å²) in [5.74, 6) is -0.894. The summed E-state index contributed by atoms with van der Waals surface area (Å²) in [4.78, 5) is 26.0. The summed E-state index contributed by atoms with van der Waals surface area (Å²) >= 11 is 5.97. The van der Waals surface area contributed by atoms with Gasteiger partial charge in [-0.2, -0.15) is 0 Å². The summed E-state index contributed by atoms with van der Waals surface area (Å²) in [6, 6.07) is 8.57. The van der Waals surface area contributed by atoms with E-state index in [1.54, 1.807) is 30.3 Å². The van der Waals surface area contributed by atoms with E-state index in [4.69, 9.17) is 20.9 Å². The van der Waals surface area contributed by atoms with Gasteiger partial charge in [-0.25, -0.2) is 0 Å². The molecule has 2 heterocycles. The Bertz CT molecular complexity index is 817. The largest absolute Gasteiger partial charge is 0.481 e. The number of piperidine rings is 1. The number of carboxylic acids is 1. The lowest BCUT2D eigenvalue weighted by molar-refractivity contribution is -0.155. The predicted molar refractivity (Wildman–Crippen MR) is 94.0 cm³/mol.